The fourth-order valence-corrected chi connectivity index (χ4v) is 10.9. The predicted molar refractivity (Wildman–Crippen MR) is 290 cm³/mol. The van der Waals surface area contributed by atoms with E-state index in [1.165, 1.54) is 24.3 Å². The molecule has 4 saturated heterocycles. The van der Waals surface area contributed by atoms with E-state index < -0.39 is 58.9 Å². The molecule has 2 aromatic carbocycles. The maximum Gasteiger partial charge on any atom is 0.410 e. The van der Waals surface area contributed by atoms with Gasteiger partial charge in [-0.25, -0.2) is 65.8 Å². The summed E-state index contributed by atoms with van der Waals surface area (Å²) in [5.74, 6) is 1.67. The Kier molecular flexibility index (Phi) is 15.6. The third kappa shape index (κ3) is 12.5. The number of alkyl halides is 4. The number of nitrogens with one attached hydrogen (secondary N) is 2. The Bertz CT molecular complexity index is 3240. The molecule has 2 spiro atoms. The van der Waals surface area contributed by atoms with Crippen molar-refractivity contribution in [2.24, 2.45) is 10.8 Å². The van der Waals surface area contributed by atoms with Gasteiger partial charge >= 0.3 is 12.2 Å². The number of benzene rings is 2. The molecule has 2 atom stereocenters. The average Bonchev–Trinajstić information content (AvgIpc) is 3.98. The van der Waals surface area contributed by atoms with Gasteiger partial charge in [-0.15, -0.1) is 0 Å². The van der Waals surface area contributed by atoms with Gasteiger partial charge in [-0.1, -0.05) is 36.4 Å². The first-order chi connectivity index (χ1) is 37.2. The van der Waals surface area contributed by atoms with Crippen molar-refractivity contribution >= 4 is 57.3 Å². The fourth-order valence-electron chi connectivity index (χ4n) is 10.9. The third-order valence-corrected chi connectivity index (χ3v) is 14.9. The standard InChI is InChI=1S/C29H35F3N6O2.C28H33F3N6O2/c1-17(19-7-6-8-20(24(19)30)25(31)32)34-26-21-13-23(33-14-22(21)35-18(2)36-26)38-15-29(16-38)9-11-37(12-10-29)27(39)40-28(3,4)5;1-16(18-7-6-8-19(23(18)29)24(30)31)33-25-20-11-22(32-12-21(20)34-17(2)35-25)36-10-9-28(13-36)14-37(15-28)26(38)39-27(3,4)5/h6-8,13-14,17,25H,9-12,15-16H2,1-5H3,(H,34,35,36);6-8,11-12,16,24H,9-10,13-15H2,1-5H3,(H,33,34,35). The van der Waals surface area contributed by atoms with Crippen molar-refractivity contribution in [3.63, 3.8) is 0 Å². The van der Waals surface area contributed by atoms with Gasteiger partial charge in [-0.3, -0.25) is 0 Å². The summed E-state index contributed by atoms with van der Waals surface area (Å²) in [6.45, 7) is 23.9. The summed E-state index contributed by atoms with van der Waals surface area (Å²) in [7, 11) is 0. The molecule has 6 aromatic rings. The number of fused-ring (bicyclic) bond motifs is 2. The summed E-state index contributed by atoms with van der Waals surface area (Å²) in [5.41, 5.74) is -0.638. The van der Waals surface area contributed by atoms with Crippen LogP contribution in [0.15, 0.2) is 60.9 Å². The molecule has 22 heteroatoms. The van der Waals surface area contributed by atoms with E-state index in [-0.39, 0.29) is 34.1 Å². The Balaban J connectivity index is 0.000000192. The van der Waals surface area contributed by atoms with Crippen molar-refractivity contribution in [2.75, 3.05) is 72.8 Å². The van der Waals surface area contributed by atoms with E-state index >= 15 is 0 Å². The number of halogens is 6. The van der Waals surface area contributed by atoms with Gasteiger partial charge < -0.3 is 39.7 Å². The van der Waals surface area contributed by atoms with Crippen LogP contribution in [-0.4, -0.2) is 115 Å². The lowest BCUT2D eigenvalue weighted by Gasteiger charge is -2.54. The molecule has 2 N–H and O–H groups in total. The van der Waals surface area contributed by atoms with Gasteiger partial charge in [0.1, 0.15) is 57.8 Å². The molecule has 16 nitrogen and oxygen atoms in total. The van der Waals surface area contributed by atoms with E-state index in [0.29, 0.717) is 71.3 Å². The maximum atomic E-state index is 14.8. The number of anilines is 4. The second-order valence-corrected chi connectivity index (χ2v) is 23.5. The second kappa shape index (κ2) is 21.8. The zero-order valence-corrected chi connectivity index (χ0v) is 46.2. The molecule has 0 bridgehead atoms. The van der Waals surface area contributed by atoms with Crippen LogP contribution in [0.4, 0.5) is 59.2 Å². The molecule has 2 amide bonds. The highest BCUT2D eigenvalue weighted by atomic mass is 19.3. The molecule has 0 aliphatic carbocycles. The molecule has 422 valence electrons. The number of hydrogen-bond donors (Lipinski definition) is 2. The highest BCUT2D eigenvalue weighted by Crippen LogP contribution is 2.45. The van der Waals surface area contributed by atoms with Crippen molar-refractivity contribution in [1.82, 2.24) is 39.7 Å². The molecule has 0 saturated carbocycles. The minimum absolute atomic E-state index is 0.000154. The van der Waals surface area contributed by atoms with Crippen LogP contribution in [-0.2, 0) is 9.47 Å². The minimum atomic E-state index is -2.90. The van der Waals surface area contributed by atoms with E-state index in [0.717, 1.165) is 69.2 Å². The number of nitrogens with zero attached hydrogens (tertiary/aromatic N) is 10. The normalized spacial score (nSPS) is 17.6. The number of carbonyl (C=O) groups excluding carboxylic acids is 2. The number of piperidine rings is 1. The lowest BCUT2D eigenvalue weighted by molar-refractivity contribution is -0.0266. The maximum absolute atomic E-state index is 14.8. The van der Waals surface area contributed by atoms with Crippen molar-refractivity contribution in [1.29, 1.82) is 0 Å². The van der Waals surface area contributed by atoms with Crippen LogP contribution in [0.2, 0.25) is 0 Å². The van der Waals surface area contributed by atoms with Crippen LogP contribution < -0.4 is 20.4 Å². The number of aromatic nitrogens is 6. The van der Waals surface area contributed by atoms with E-state index in [9.17, 15) is 35.9 Å². The van der Waals surface area contributed by atoms with Gasteiger partial charge in [-0.05, 0) is 101 Å². The first-order valence-corrected chi connectivity index (χ1v) is 26.6. The first kappa shape index (κ1) is 56.5. The number of hydrogen-bond acceptors (Lipinski definition) is 14. The average molecular weight is 1100 g/mol. The highest BCUT2D eigenvalue weighted by Gasteiger charge is 2.51. The Morgan fingerprint density at radius 3 is 1.42 bits per heavy atom. The van der Waals surface area contributed by atoms with Crippen molar-refractivity contribution in [3.05, 3.63) is 106 Å². The lowest BCUT2D eigenvalue weighted by atomic mass is 9.72. The zero-order valence-electron chi connectivity index (χ0n) is 46.2. The van der Waals surface area contributed by atoms with E-state index in [1.54, 1.807) is 49.9 Å². The van der Waals surface area contributed by atoms with Crippen molar-refractivity contribution < 1.29 is 45.4 Å². The molecule has 4 aliphatic heterocycles. The topological polar surface area (TPSA) is 167 Å². The molecule has 4 aliphatic rings. The lowest BCUT2D eigenvalue weighted by Crippen LogP contribution is -2.61. The second-order valence-electron chi connectivity index (χ2n) is 23.5. The molecule has 4 aromatic heterocycles. The van der Waals surface area contributed by atoms with Gasteiger partial charge in [0.05, 0.1) is 46.6 Å². The van der Waals surface area contributed by atoms with Crippen molar-refractivity contribution in [2.45, 2.75) is 125 Å². The van der Waals surface area contributed by atoms with Gasteiger partial charge in [-0.2, -0.15) is 0 Å². The van der Waals surface area contributed by atoms with E-state index in [1.807, 2.05) is 53.7 Å². The van der Waals surface area contributed by atoms with Crippen LogP contribution in [0.25, 0.3) is 21.8 Å². The number of carbonyl (C=O) groups is 2. The summed E-state index contributed by atoms with van der Waals surface area (Å²) in [6.07, 6.45) is -0.245. The number of amides is 2. The van der Waals surface area contributed by atoms with Crippen LogP contribution in [0.3, 0.4) is 0 Å². The molecule has 10 rings (SSSR count). The van der Waals surface area contributed by atoms with E-state index in [4.69, 9.17) is 9.47 Å². The van der Waals surface area contributed by atoms with Gasteiger partial charge in [0.25, 0.3) is 12.9 Å². The Morgan fingerprint density at radius 1 is 0.570 bits per heavy atom. The van der Waals surface area contributed by atoms with Gasteiger partial charge in [0.15, 0.2) is 0 Å². The van der Waals surface area contributed by atoms with Crippen LogP contribution in [0.1, 0.15) is 133 Å². The monoisotopic (exact) mass is 1100 g/mol. The van der Waals surface area contributed by atoms with Crippen LogP contribution in [0.5, 0.6) is 0 Å². The number of aryl methyl sites for hydroxylation is 2. The summed E-state index contributed by atoms with van der Waals surface area (Å²) >= 11 is 0. The summed E-state index contributed by atoms with van der Waals surface area (Å²) in [4.78, 5) is 60.1. The van der Waals surface area contributed by atoms with Crippen molar-refractivity contribution in [3.8, 4) is 0 Å². The van der Waals surface area contributed by atoms with E-state index in [2.05, 4.69) is 50.3 Å². The summed E-state index contributed by atoms with van der Waals surface area (Å²) in [6, 6.07) is 10.6. The fraction of sp³-hybridized carbons (Fsp3) is 0.509. The molecule has 79 heavy (non-hydrogen) atoms. The molecule has 0 radical (unpaired) electrons. The predicted octanol–water partition coefficient (Wildman–Crippen LogP) is 12.5. The number of ether oxygens (including phenoxy) is 2. The van der Waals surface area contributed by atoms with Gasteiger partial charge in [0.2, 0.25) is 0 Å². The number of likely N-dealkylation sites (tertiary alicyclic amines) is 2. The largest absolute Gasteiger partial charge is 0.444 e. The smallest absolute Gasteiger partial charge is 0.410 e. The first-order valence-electron chi connectivity index (χ1n) is 26.6. The minimum Gasteiger partial charge on any atom is -0.444 e. The molecular weight excluding hydrogens is 1030 g/mol. The molecule has 4 fully saturated rings. The molecule has 2 unspecified atom stereocenters. The highest BCUT2D eigenvalue weighted by molar-refractivity contribution is 5.92. The third-order valence-electron chi connectivity index (χ3n) is 14.9. The number of rotatable bonds is 10. The van der Waals surface area contributed by atoms with Gasteiger partial charge in [0, 0.05) is 85.1 Å². The Labute approximate surface area is 455 Å². The zero-order chi connectivity index (χ0) is 56.9. The SMILES string of the molecule is Cc1nc(NC(C)c2cccc(C(F)F)c2F)c2cc(N3CC4(CCN(C(=O)OC(C)(C)C)CC4)C3)ncc2n1.Cc1nc(NC(C)c2cccc(C(F)F)c2F)c2cc(N3CCC4(CN(C(=O)OC(C)(C)C)C4)C3)ncc2n1. The Hall–Kier alpha value is -7.26. The Morgan fingerprint density at radius 2 is 0.975 bits per heavy atom. The summed E-state index contributed by atoms with van der Waals surface area (Å²) < 4.78 is 93.6. The van der Waals surface area contributed by atoms with Crippen LogP contribution >= 0.6 is 0 Å². The quantitative estimate of drug-likeness (QED) is 0.124. The molecule has 8 heterocycles. The molecular formula is C57H68F6N12O4. The summed E-state index contributed by atoms with van der Waals surface area (Å²) in [5, 5.41) is 7.83. The number of pyridine rings is 2. The van der Waals surface area contributed by atoms with Crippen LogP contribution in [0, 0.1) is 36.3 Å².